The van der Waals surface area contributed by atoms with Crippen molar-refractivity contribution in [1.82, 2.24) is 5.32 Å². The Labute approximate surface area is 120 Å². The second-order valence-electron chi connectivity index (χ2n) is 5.53. The van der Waals surface area contributed by atoms with Crippen LogP contribution in [0.4, 0.5) is 4.39 Å². The van der Waals surface area contributed by atoms with Crippen LogP contribution in [-0.2, 0) is 9.84 Å². The van der Waals surface area contributed by atoms with E-state index in [9.17, 15) is 12.8 Å². The van der Waals surface area contributed by atoms with Crippen LogP contribution in [-0.4, -0.2) is 33.0 Å². The van der Waals surface area contributed by atoms with Gasteiger partial charge >= 0.3 is 0 Å². The maximum absolute atomic E-state index is 13.4. The second-order valence-corrected chi connectivity index (χ2v) is 7.76. The van der Waals surface area contributed by atoms with Gasteiger partial charge in [0.1, 0.15) is 5.82 Å². The summed E-state index contributed by atoms with van der Waals surface area (Å²) < 4.78 is 36.8. The minimum atomic E-state index is -2.91. The molecule has 112 valence electrons. The van der Waals surface area contributed by atoms with Crippen molar-refractivity contribution >= 4 is 9.84 Å². The number of benzene rings is 1. The first-order chi connectivity index (χ1) is 9.52. The predicted octanol–water partition coefficient (Wildman–Crippen LogP) is 2.34. The van der Waals surface area contributed by atoms with E-state index in [1.807, 2.05) is 6.07 Å². The number of hydrogen-bond acceptors (Lipinski definition) is 3. The van der Waals surface area contributed by atoms with E-state index in [0.717, 1.165) is 18.5 Å². The van der Waals surface area contributed by atoms with E-state index < -0.39 is 9.84 Å². The van der Waals surface area contributed by atoms with Gasteiger partial charge in [0.2, 0.25) is 0 Å². The highest BCUT2D eigenvalue weighted by Gasteiger charge is 2.34. The van der Waals surface area contributed by atoms with Gasteiger partial charge in [-0.15, -0.1) is 0 Å². The van der Waals surface area contributed by atoms with Crippen LogP contribution in [0.25, 0.3) is 0 Å². The van der Waals surface area contributed by atoms with E-state index in [0.29, 0.717) is 13.0 Å². The number of sulfone groups is 1. The predicted molar refractivity (Wildman–Crippen MR) is 79.1 cm³/mol. The summed E-state index contributed by atoms with van der Waals surface area (Å²) in [4.78, 5) is 0. The maximum Gasteiger partial charge on any atom is 0.150 e. The van der Waals surface area contributed by atoms with Crippen molar-refractivity contribution < 1.29 is 12.8 Å². The number of nitrogens with one attached hydrogen (secondary N) is 1. The molecule has 2 unspecified atom stereocenters. The van der Waals surface area contributed by atoms with Crippen LogP contribution < -0.4 is 5.32 Å². The van der Waals surface area contributed by atoms with Crippen LogP contribution in [0.5, 0.6) is 0 Å². The smallest absolute Gasteiger partial charge is 0.150 e. The Kier molecular flexibility index (Phi) is 5.16. The molecule has 2 atom stereocenters. The van der Waals surface area contributed by atoms with Crippen LogP contribution in [0.2, 0.25) is 0 Å². The molecule has 5 heteroatoms. The van der Waals surface area contributed by atoms with Gasteiger partial charge < -0.3 is 5.32 Å². The van der Waals surface area contributed by atoms with Crippen molar-refractivity contribution in [2.75, 3.05) is 24.6 Å². The fraction of sp³-hybridized carbons (Fsp3) is 0.600. The summed E-state index contributed by atoms with van der Waals surface area (Å²) >= 11 is 0. The van der Waals surface area contributed by atoms with Crippen LogP contribution in [0.3, 0.4) is 0 Å². The SMILES string of the molecule is CCCNCC(c1cccc(F)c1)C1CCS(=O)(=O)C1. The van der Waals surface area contributed by atoms with Crippen molar-refractivity contribution in [2.45, 2.75) is 25.7 Å². The van der Waals surface area contributed by atoms with Crippen molar-refractivity contribution in [3.05, 3.63) is 35.6 Å². The monoisotopic (exact) mass is 299 g/mol. The first-order valence-electron chi connectivity index (χ1n) is 7.18. The molecule has 1 heterocycles. The third kappa shape index (κ3) is 4.03. The normalized spacial score (nSPS) is 22.8. The molecule has 2 rings (SSSR count). The molecule has 1 aliphatic rings. The van der Waals surface area contributed by atoms with Gasteiger partial charge in [0.05, 0.1) is 11.5 Å². The van der Waals surface area contributed by atoms with Gasteiger partial charge in [0.15, 0.2) is 9.84 Å². The highest BCUT2D eigenvalue weighted by Crippen LogP contribution is 2.33. The zero-order chi connectivity index (χ0) is 14.6. The molecule has 1 aliphatic heterocycles. The summed E-state index contributed by atoms with van der Waals surface area (Å²) in [6.45, 7) is 3.69. The standard InChI is InChI=1S/C15H22FNO2S/c1-2-7-17-10-15(12-4-3-5-14(16)9-12)13-6-8-20(18,19)11-13/h3-5,9,13,15,17H,2,6-8,10-11H2,1H3. The number of rotatable bonds is 6. The highest BCUT2D eigenvalue weighted by molar-refractivity contribution is 7.91. The van der Waals surface area contributed by atoms with E-state index in [2.05, 4.69) is 12.2 Å². The zero-order valence-electron chi connectivity index (χ0n) is 11.8. The van der Waals surface area contributed by atoms with Gasteiger partial charge in [-0.2, -0.15) is 0 Å². The largest absolute Gasteiger partial charge is 0.316 e. The third-order valence-corrected chi connectivity index (χ3v) is 5.70. The summed E-state index contributed by atoms with van der Waals surface area (Å²) in [5, 5.41) is 3.34. The average Bonchev–Trinajstić information content (AvgIpc) is 2.75. The molecular formula is C15H22FNO2S. The lowest BCUT2D eigenvalue weighted by Gasteiger charge is -2.23. The molecule has 20 heavy (non-hydrogen) atoms. The molecule has 0 saturated carbocycles. The molecule has 3 nitrogen and oxygen atoms in total. The topological polar surface area (TPSA) is 46.2 Å². The molecular weight excluding hydrogens is 277 g/mol. The van der Waals surface area contributed by atoms with Crippen LogP contribution in [0.1, 0.15) is 31.2 Å². The number of hydrogen-bond donors (Lipinski definition) is 1. The van der Waals surface area contributed by atoms with E-state index in [1.54, 1.807) is 6.07 Å². The Bertz CT molecular complexity index is 545. The zero-order valence-corrected chi connectivity index (χ0v) is 12.6. The third-order valence-electron chi connectivity index (χ3n) is 3.90. The molecule has 0 aliphatic carbocycles. The van der Waals surface area contributed by atoms with Crippen molar-refractivity contribution in [3.8, 4) is 0 Å². The molecule has 0 amide bonds. The Morgan fingerprint density at radius 1 is 1.45 bits per heavy atom. The Morgan fingerprint density at radius 3 is 2.85 bits per heavy atom. The fourth-order valence-corrected chi connectivity index (χ4v) is 4.75. The summed E-state index contributed by atoms with van der Waals surface area (Å²) in [7, 11) is -2.91. The van der Waals surface area contributed by atoms with Gasteiger partial charge in [0, 0.05) is 12.5 Å². The first-order valence-corrected chi connectivity index (χ1v) is 9.00. The Morgan fingerprint density at radius 2 is 2.25 bits per heavy atom. The van der Waals surface area contributed by atoms with Crippen LogP contribution in [0, 0.1) is 11.7 Å². The molecule has 0 bridgehead atoms. The minimum absolute atomic E-state index is 0.0644. The van der Waals surface area contributed by atoms with Crippen molar-refractivity contribution in [2.24, 2.45) is 5.92 Å². The highest BCUT2D eigenvalue weighted by atomic mass is 32.2. The molecule has 1 aromatic carbocycles. The van der Waals surface area contributed by atoms with Gasteiger partial charge in [-0.05, 0) is 43.0 Å². The lowest BCUT2D eigenvalue weighted by molar-refractivity contribution is 0.437. The molecule has 1 aromatic rings. The average molecular weight is 299 g/mol. The van der Waals surface area contributed by atoms with Crippen LogP contribution in [0.15, 0.2) is 24.3 Å². The molecule has 1 fully saturated rings. The fourth-order valence-electron chi connectivity index (χ4n) is 2.87. The first kappa shape index (κ1) is 15.4. The van der Waals surface area contributed by atoms with Gasteiger partial charge in [0.25, 0.3) is 0 Å². The van der Waals surface area contributed by atoms with Gasteiger partial charge in [-0.25, -0.2) is 12.8 Å². The molecule has 0 radical (unpaired) electrons. The van der Waals surface area contributed by atoms with E-state index in [4.69, 9.17) is 0 Å². The summed E-state index contributed by atoms with van der Waals surface area (Å²) in [6.07, 6.45) is 1.70. The van der Waals surface area contributed by atoms with E-state index in [1.165, 1.54) is 12.1 Å². The van der Waals surface area contributed by atoms with Gasteiger partial charge in [-0.3, -0.25) is 0 Å². The summed E-state index contributed by atoms with van der Waals surface area (Å²) in [6, 6.07) is 6.54. The quantitative estimate of drug-likeness (QED) is 0.820. The Hall–Kier alpha value is -0.940. The van der Waals surface area contributed by atoms with Crippen molar-refractivity contribution in [3.63, 3.8) is 0 Å². The lowest BCUT2D eigenvalue weighted by atomic mass is 9.85. The number of halogens is 1. The van der Waals surface area contributed by atoms with E-state index >= 15 is 0 Å². The maximum atomic E-state index is 13.4. The molecule has 0 spiro atoms. The molecule has 0 aromatic heterocycles. The summed E-state index contributed by atoms with van der Waals surface area (Å²) in [5.41, 5.74) is 0.899. The Balaban J connectivity index is 2.16. The van der Waals surface area contributed by atoms with Crippen LogP contribution >= 0.6 is 0 Å². The van der Waals surface area contributed by atoms with Crippen molar-refractivity contribution in [1.29, 1.82) is 0 Å². The second kappa shape index (κ2) is 6.68. The summed E-state index contributed by atoms with van der Waals surface area (Å²) in [5.74, 6) is 0.378. The van der Waals surface area contributed by atoms with E-state index in [-0.39, 0.29) is 29.2 Å². The lowest BCUT2D eigenvalue weighted by Crippen LogP contribution is -2.28. The molecule has 1 saturated heterocycles. The van der Waals surface area contributed by atoms with Gasteiger partial charge in [-0.1, -0.05) is 19.1 Å². The minimum Gasteiger partial charge on any atom is -0.316 e. The molecule has 1 N–H and O–H groups in total.